The SMILES string of the molecule is N#Cc1c(-c2ccccc2)c(-c2ccccc2)n(Cc2ccco2)c1/N=C/N1CCCCCC1. The number of nitriles is 1. The first kappa shape index (κ1) is 21.8. The molecule has 1 saturated heterocycles. The van der Waals surface area contributed by atoms with Crippen LogP contribution in [0.2, 0.25) is 0 Å². The van der Waals surface area contributed by atoms with Gasteiger partial charge >= 0.3 is 0 Å². The highest BCUT2D eigenvalue weighted by Gasteiger charge is 2.25. The minimum atomic E-state index is 0.491. The molecule has 0 unspecified atom stereocenters. The van der Waals surface area contributed by atoms with Crippen LogP contribution >= 0.6 is 0 Å². The van der Waals surface area contributed by atoms with Gasteiger partial charge in [0.1, 0.15) is 17.4 Å². The van der Waals surface area contributed by atoms with Gasteiger partial charge in [-0.1, -0.05) is 73.5 Å². The van der Waals surface area contributed by atoms with E-state index in [4.69, 9.17) is 9.41 Å². The lowest BCUT2D eigenvalue weighted by Crippen LogP contribution is -2.22. The lowest BCUT2D eigenvalue weighted by atomic mass is 9.98. The first-order valence-electron chi connectivity index (χ1n) is 11.9. The number of likely N-dealkylation sites (tertiary alicyclic amines) is 1. The first-order valence-corrected chi connectivity index (χ1v) is 11.9. The molecule has 0 amide bonds. The Morgan fingerprint density at radius 1 is 0.853 bits per heavy atom. The van der Waals surface area contributed by atoms with Crippen molar-refractivity contribution in [3.63, 3.8) is 0 Å². The molecule has 2 aromatic heterocycles. The van der Waals surface area contributed by atoms with Crippen molar-refractivity contribution in [2.24, 2.45) is 4.99 Å². The Bertz CT molecular complexity index is 1270. The molecule has 0 saturated carbocycles. The average molecular weight is 449 g/mol. The molecular formula is C29H28N4O. The van der Waals surface area contributed by atoms with Crippen LogP contribution in [0.3, 0.4) is 0 Å². The van der Waals surface area contributed by atoms with Gasteiger partial charge in [0.05, 0.1) is 24.8 Å². The Morgan fingerprint density at radius 2 is 1.53 bits per heavy atom. The second kappa shape index (κ2) is 10.3. The lowest BCUT2D eigenvalue weighted by molar-refractivity contribution is 0.447. The van der Waals surface area contributed by atoms with Gasteiger partial charge in [-0.3, -0.25) is 0 Å². The molecule has 5 heteroatoms. The van der Waals surface area contributed by atoms with Crippen molar-refractivity contribution in [1.29, 1.82) is 5.26 Å². The van der Waals surface area contributed by atoms with Crippen molar-refractivity contribution in [3.05, 3.63) is 90.4 Å². The Hall–Kier alpha value is -4.04. The van der Waals surface area contributed by atoms with Crippen molar-refractivity contribution < 1.29 is 4.42 Å². The molecule has 3 heterocycles. The summed E-state index contributed by atoms with van der Waals surface area (Å²) in [7, 11) is 0. The Labute approximate surface area is 200 Å². The first-order chi connectivity index (χ1) is 16.8. The second-order valence-corrected chi connectivity index (χ2v) is 8.63. The third-order valence-corrected chi connectivity index (χ3v) is 6.34. The zero-order valence-corrected chi connectivity index (χ0v) is 19.2. The van der Waals surface area contributed by atoms with E-state index in [0.29, 0.717) is 17.9 Å². The number of furan rings is 1. The van der Waals surface area contributed by atoms with Gasteiger partial charge in [0.25, 0.3) is 0 Å². The van der Waals surface area contributed by atoms with E-state index < -0.39 is 0 Å². The van der Waals surface area contributed by atoms with Gasteiger partial charge in [-0.2, -0.15) is 5.26 Å². The summed E-state index contributed by atoms with van der Waals surface area (Å²) in [5.74, 6) is 1.49. The third kappa shape index (κ3) is 4.53. The summed E-state index contributed by atoms with van der Waals surface area (Å²) in [6.45, 7) is 2.49. The summed E-state index contributed by atoms with van der Waals surface area (Å²) in [4.78, 5) is 7.24. The number of nitrogens with zero attached hydrogens (tertiary/aromatic N) is 4. The van der Waals surface area contributed by atoms with Crippen molar-refractivity contribution in [1.82, 2.24) is 9.47 Å². The van der Waals surface area contributed by atoms with Crippen molar-refractivity contribution in [3.8, 4) is 28.5 Å². The zero-order valence-electron chi connectivity index (χ0n) is 19.2. The largest absolute Gasteiger partial charge is 0.467 e. The fraction of sp³-hybridized carbons (Fsp3) is 0.241. The molecular weight excluding hydrogens is 420 g/mol. The van der Waals surface area contributed by atoms with Gasteiger partial charge in [0.15, 0.2) is 5.82 Å². The van der Waals surface area contributed by atoms with Crippen LogP contribution in [0.4, 0.5) is 5.82 Å². The summed E-state index contributed by atoms with van der Waals surface area (Å²) in [5.41, 5.74) is 4.51. The maximum atomic E-state index is 10.4. The van der Waals surface area contributed by atoms with Crippen LogP contribution in [0.5, 0.6) is 0 Å². The molecule has 0 N–H and O–H groups in total. The minimum absolute atomic E-state index is 0.491. The molecule has 1 aliphatic rings. The molecule has 0 radical (unpaired) electrons. The number of aliphatic imine (C=N–C) groups is 1. The van der Waals surface area contributed by atoms with E-state index in [0.717, 1.165) is 41.2 Å². The number of aromatic nitrogens is 1. The molecule has 5 rings (SSSR count). The van der Waals surface area contributed by atoms with Crippen LogP contribution < -0.4 is 0 Å². The van der Waals surface area contributed by atoms with E-state index in [1.165, 1.54) is 25.7 Å². The van der Waals surface area contributed by atoms with Crippen LogP contribution in [-0.4, -0.2) is 28.9 Å². The summed E-state index contributed by atoms with van der Waals surface area (Å²) < 4.78 is 7.85. The Balaban J connectivity index is 1.73. The van der Waals surface area contributed by atoms with E-state index >= 15 is 0 Å². The molecule has 170 valence electrons. The van der Waals surface area contributed by atoms with E-state index in [9.17, 15) is 5.26 Å². The van der Waals surface area contributed by atoms with Crippen molar-refractivity contribution in [2.45, 2.75) is 32.2 Å². The zero-order chi connectivity index (χ0) is 23.2. The quantitative estimate of drug-likeness (QED) is 0.239. The van der Waals surface area contributed by atoms with E-state index in [2.05, 4.69) is 39.8 Å². The number of hydrogen-bond acceptors (Lipinski definition) is 3. The molecule has 2 aromatic carbocycles. The molecule has 5 nitrogen and oxygen atoms in total. The van der Waals surface area contributed by atoms with E-state index in [1.54, 1.807) is 6.26 Å². The van der Waals surface area contributed by atoms with Crippen LogP contribution in [-0.2, 0) is 6.54 Å². The molecule has 0 spiro atoms. The normalized spacial score (nSPS) is 14.3. The topological polar surface area (TPSA) is 57.5 Å². The minimum Gasteiger partial charge on any atom is -0.467 e. The van der Waals surface area contributed by atoms with Gasteiger partial charge in [-0.15, -0.1) is 0 Å². The molecule has 0 atom stereocenters. The highest BCUT2D eigenvalue weighted by molar-refractivity contribution is 5.91. The third-order valence-electron chi connectivity index (χ3n) is 6.34. The van der Waals surface area contributed by atoms with Gasteiger partial charge in [0.2, 0.25) is 0 Å². The predicted octanol–water partition coefficient (Wildman–Crippen LogP) is 6.87. The maximum absolute atomic E-state index is 10.4. The van der Waals surface area contributed by atoms with Crippen LogP contribution in [0, 0.1) is 11.3 Å². The molecule has 1 fully saturated rings. The fourth-order valence-corrected chi connectivity index (χ4v) is 4.69. The molecule has 0 aliphatic carbocycles. The summed E-state index contributed by atoms with van der Waals surface area (Å²) >= 11 is 0. The Morgan fingerprint density at radius 3 is 2.15 bits per heavy atom. The van der Waals surface area contributed by atoms with E-state index in [1.807, 2.05) is 54.9 Å². The summed E-state index contributed by atoms with van der Waals surface area (Å²) in [5, 5.41) is 10.4. The maximum Gasteiger partial charge on any atom is 0.153 e. The monoisotopic (exact) mass is 448 g/mol. The molecule has 0 bridgehead atoms. The van der Waals surface area contributed by atoms with Gasteiger partial charge in [-0.25, -0.2) is 4.99 Å². The number of hydrogen-bond donors (Lipinski definition) is 0. The van der Waals surface area contributed by atoms with Crippen LogP contribution in [0.25, 0.3) is 22.4 Å². The predicted molar refractivity (Wildman–Crippen MR) is 136 cm³/mol. The standard InChI is InChI=1S/C29H28N4O/c30-20-26-27(23-12-5-3-6-13-23)28(24-14-7-4-8-15-24)33(21-25-16-11-19-34-25)29(26)31-22-32-17-9-1-2-10-18-32/h3-8,11-16,19,22H,1-2,9-10,17-18,21H2/b31-22+. The van der Waals surface area contributed by atoms with Crippen LogP contribution in [0.15, 0.2) is 88.5 Å². The highest BCUT2D eigenvalue weighted by Crippen LogP contribution is 2.43. The van der Waals surface area contributed by atoms with Crippen molar-refractivity contribution in [2.75, 3.05) is 13.1 Å². The van der Waals surface area contributed by atoms with Crippen molar-refractivity contribution >= 4 is 12.2 Å². The average Bonchev–Trinajstić information content (AvgIpc) is 3.41. The van der Waals surface area contributed by atoms with E-state index in [-0.39, 0.29) is 0 Å². The van der Waals surface area contributed by atoms with Crippen LogP contribution in [0.1, 0.15) is 37.0 Å². The van der Waals surface area contributed by atoms with Gasteiger partial charge < -0.3 is 13.9 Å². The number of benzene rings is 2. The second-order valence-electron chi connectivity index (χ2n) is 8.63. The molecule has 4 aromatic rings. The molecule has 34 heavy (non-hydrogen) atoms. The summed E-state index contributed by atoms with van der Waals surface area (Å²) in [6, 6.07) is 26.7. The van der Waals surface area contributed by atoms with Gasteiger partial charge in [0, 0.05) is 18.7 Å². The van der Waals surface area contributed by atoms with Gasteiger partial charge in [-0.05, 0) is 36.1 Å². The lowest BCUT2D eigenvalue weighted by Gasteiger charge is -2.16. The fourth-order valence-electron chi connectivity index (χ4n) is 4.69. The smallest absolute Gasteiger partial charge is 0.153 e. The summed E-state index contributed by atoms with van der Waals surface area (Å²) in [6.07, 6.45) is 8.50. The molecule has 1 aliphatic heterocycles. The Kier molecular flexibility index (Phi) is 6.58. The number of rotatable bonds is 6. The highest BCUT2D eigenvalue weighted by atomic mass is 16.3.